The van der Waals surface area contributed by atoms with Crippen molar-refractivity contribution in [2.45, 2.75) is 25.7 Å². The van der Waals surface area contributed by atoms with E-state index in [4.69, 9.17) is 14.7 Å². The fourth-order valence-corrected chi connectivity index (χ4v) is 10.3. The van der Waals surface area contributed by atoms with Gasteiger partial charge in [-0.05, 0) is 77.3 Å². The Morgan fingerprint density at radius 1 is 0.562 bits per heavy atom. The Hall–Kier alpha value is -8.12. The first-order valence-corrected chi connectivity index (χ1v) is 25.4. The number of morpholine rings is 1. The summed E-state index contributed by atoms with van der Waals surface area (Å²) in [7, 11) is 0. The van der Waals surface area contributed by atoms with Crippen LogP contribution >= 0.6 is 15.9 Å². The van der Waals surface area contributed by atoms with E-state index in [0.717, 1.165) is 105 Å². The van der Waals surface area contributed by atoms with E-state index >= 15 is 0 Å². The number of fused-ring (bicyclic) bond motifs is 2. The number of halogens is 1. The minimum absolute atomic E-state index is 0.144. The Morgan fingerprint density at radius 2 is 1.01 bits per heavy atom. The summed E-state index contributed by atoms with van der Waals surface area (Å²) >= 11 is 3.53. The van der Waals surface area contributed by atoms with Gasteiger partial charge in [0, 0.05) is 111 Å². The molecule has 0 saturated carbocycles. The monoisotopic (exact) mass is 1040 g/mol. The average Bonchev–Trinajstić information content (AvgIpc) is 4.09. The summed E-state index contributed by atoms with van der Waals surface area (Å²) in [5.74, 6) is 1.81. The van der Waals surface area contributed by atoms with Crippen LogP contribution in [0.2, 0.25) is 0 Å². The van der Waals surface area contributed by atoms with Crippen molar-refractivity contribution in [1.29, 1.82) is 10.5 Å². The number of amides is 2. The molecule has 0 bridgehead atoms. The van der Waals surface area contributed by atoms with E-state index in [0.29, 0.717) is 50.5 Å². The van der Waals surface area contributed by atoms with Crippen molar-refractivity contribution < 1.29 is 14.3 Å². The predicted molar refractivity (Wildman–Crippen MR) is 284 cm³/mol. The molecule has 8 aromatic rings. The van der Waals surface area contributed by atoms with Gasteiger partial charge in [-0.3, -0.25) is 9.59 Å². The van der Waals surface area contributed by atoms with Crippen LogP contribution in [-0.2, 0) is 14.3 Å². The van der Waals surface area contributed by atoms with Crippen LogP contribution in [0, 0.1) is 22.7 Å². The summed E-state index contributed by atoms with van der Waals surface area (Å²) < 4.78 is 9.89. The van der Waals surface area contributed by atoms with Gasteiger partial charge >= 0.3 is 0 Å². The number of carbonyl (C=O) groups is 2. The van der Waals surface area contributed by atoms with E-state index in [1.165, 1.54) is 0 Å². The van der Waals surface area contributed by atoms with Crippen LogP contribution in [-0.4, -0.2) is 129 Å². The summed E-state index contributed by atoms with van der Waals surface area (Å²) in [5, 5.41) is 27.9. The maximum Gasteiger partial charge on any atom is 0.229 e. The van der Waals surface area contributed by atoms with Crippen LogP contribution in [0.5, 0.6) is 0 Å². The molecule has 3 saturated heterocycles. The topological polar surface area (TPSA) is 168 Å². The number of rotatable bonds is 9. The van der Waals surface area contributed by atoms with Crippen molar-refractivity contribution in [3.05, 3.63) is 161 Å². The molecule has 2 aromatic carbocycles. The highest BCUT2D eigenvalue weighted by molar-refractivity contribution is 9.10. The molecule has 2 amide bonds. The van der Waals surface area contributed by atoms with Crippen molar-refractivity contribution in [3.8, 4) is 34.4 Å². The number of anilines is 3. The molecule has 16 nitrogen and oxygen atoms in total. The minimum atomic E-state index is -0.151. The molecule has 0 N–H and O–H groups in total. The van der Waals surface area contributed by atoms with Crippen molar-refractivity contribution in [1.82, 2.24) is 39.0 Å². The predicted octanol–water partition coefficient (Wildman–Crippen LogP) is 8.04. The summed E-state index contributed by atoms with van der Waals surface area (Å²) in [6.07, 6.45) is 10.7. The van der Waals surface area contributed by atoms with E-state index in [2.05, 4.69) is 65.1 Å². The molecule has 3 fully saturated rings. The van der Waals surface area contributed by atoms with Gasteiger partial charge in [0.05, 0.1) is 71.5 Å². The molecule has 6 aromatic heterocycles. The van der Waals surface area contributed by atoms with Crippen molar-refractivity contribution in [2.75, 3.05) is 93.4 Å². The number of hydrogen-bond donors (Lipinski definition) is 0. The lowest BCUT2D eigenvalue weighted by molar-refractivity contribution is -0.133. The second-order valence-electron chi connectivity index (χ2n) is 18.4. The number of nitriles is 2. The van der Waals surface area contributed by atoms with E-state index in [9.17, 15) is 20.1 Å². The number of benzene rings is 2. The van der Waals surface area contributed by atoms with E-state index in [1.54, 1.807) is 21.4 Å². The molecule has 2 atom stereocenters. The third-order valence-electron chi connectivity index (χ3n) is 14.1. The zero-order chi connectivity index (χ0) is 50.4. The largest absolute Gasteiger partial charge is 0.378 e. The SMILES string of the molecule is C[C@@H](C(=O)N1CCN(c2ccc(-c3cc(Br)cn4ncc(C#N)c34)cn2)CC1)c1ccccc1.C[C@@H](C(=O)N1CCN(c2ccc(-c3cc(N4CCOCC4)cn4ncc(C#N)c34)cn2)CC1)c1ccccc1. The second-order valence-corrected chi connectivity index (χ2v) is 19.3. The Labute approximate surface area is 432 Å². The number of carbonyl (C=O) groups excluding carboxylic acids is 2. The van der Waals surface area contributed by atoms with Gasteiger partial charge in [0.1, 0.15) is 23.8 Å². The summed E-state index contributed by atoms with van der Waals surface area (Å²) in [5.41, 5.74) is 9.42. The molecule has 0 aliphatic carbocycles. The van der Waals surface area contributed by atoms with Crippen LogP contribution in [0.25, 0.3) is 33.3 Å². The fraction of sp³-hybridized carbons (Fsp3) is 0.286. The molecular formula is C56H54BrN13O3. The van der Waals surface area contributed by atoms with Crippen LogP contribution in [0.4, 0.5) is 17.3 Å². The summed E-state index contributed by atoms with van der Waals surface area (Å²) in [6.45, 7) is 12.6. The van der Waals surface area contributed by atoms with Gasteiger partial charge in [-0.25, -0.2) is 19.0 Å². The third kappa shape index (κ3) is 10.3. The average molecular weight is 1040 g/mol. The maximum atomic E-state index is 13.1. The number of pyridine rings is 4. The first-order valence-electron chi connectivity index (χ1n) is 24.6. The molecule has 73 heavy (non-hydrogen) atoms. The van der Waals surface area contributed by atoms with Crippen molar-refractivity contribution >= 4 is 56.1 Å². The molecule has 3 aliphatic heterocycles. The highest BCUT2D eigenvalue weighted by Crippen LogP contribution is 2.34. The highest BCUT2D eigenvalue weighted by atomic mass is 79.9. The lowest BCUT2D eigenvalue weighted by Gasteiger charge is -2.36. The molecule has 0 unspecified atom stereocenters. The lowest BCUT2D eigenvalue weighted by Crippen LogP contribution is -2.50. The molecule has 3 aliphatic rings. The van der Waals surface area contributed by atoms with Gasteiger partial charge in [-0.15, -0.1) is 0 Å². The first-order chi connectivity index (χ1) is 35.7. The molecule has 368 valence electrons. The van der Waals surface area contributed by atoms with Gasteiger partial charge in [0.2, 0.25) is 11.8 Å². The van der Waals surface area contributed by atoms with Crippen LogP contribution < -0.4 is 14.7 Å². The summed E-state index contributed by atoms with van der Waals surface area (Å²) in [6, 6.07) is 36.6. The molecule has 0 spiro atoms. The molecule has 9 heterocycles. The molecule has 17 heteroatoms. The van der Waals surface area contributed by atoms with E-state index in [1.807, 2.05) is 133 Å². The van der Waals surface area contributed by atoms with Gasteiger partial charge in [-0.2, -0.15) is 20.7 Å². The Kier molecular flexibility index (Phi) is 14.4. The quantitative estimate of drug-likeness (QED) is 0.137. The van der Waals surface area contributed by atoms with Crippen LogP contribution in [0.1, 0.15) is 47.9 Å². The highest BCUT2D eigenvalue weighted by Gasteiger charge is 2.28. The summed E-state index contributed by atoms with van der Waals surface area (Å²) in [4.78, 5) is 46.2. The van der Waals surface area contributed by atoms with Crippen LogP contribution in [0.15, 0.2) is 139 Å². The smallest absolute Gasteiger partial charge is 0.229 e. The molecular weight excluding hydrogens is 983 g/mol. The number of piperazine rings is 2. The number of hydrogen-bond acceptors (Lipinski definition) is 12. The van der Waals surface area contributed by atoms with Crippen molar-refractivity contribution in [2.24, 2.45) is 0 Å². The number of ether oxygens (including phenoxy) is 1. The van der Waals surface area contributed by atoms with E-state index in [-0.39, 0.29) is 23.7 Å². The van der Waals surface area contributed by atoms with Crippen LogP contribution in [0.3, 0.4) is 0 Å². The zero-order valence-electron chi connectivity index (χ0n) is 40.8. The Bertz CT molecular complexity index is 3310. The third-order valence-corrected chi connectivity index (χ3v) is 14.5. The fourth-order valence-electron chi connectivity index (χ4n) is 9.89. The van der Waals surface area contributed by atoms with Crippen molar-refractivity contribution in [3.63, 3.8) is 0 Å². The number of aromatic nitrogens is 6. The maximum absolute atomic E-state index is 13.1. The standard InChI is InChI=1S/C30H31N7O2.C26H23BrN6O/c1-22(23-5-3-2-4-6-23)30(38)36-11-9-35(10-12-36)28-8-7-24(19-32-28)27-17-26(34-13-15-39-16-14-34)21-37-29(27)25(18-31)20-33-37;1-18(19-5-3-2-4-6-19)26(34)32-11-9-31(10-12-32)24-8-7-20(15-29-24)23-13-22(27)17-33-25(23)21(14-28)16-30-33/h2-8,17,19-22H,9-16H2,1H3;2-8,13,15-18H,9-12H2,1H3/t22-;18-/m11/s1. The lowest BCUT2D eigenvalue weighted by atomic mass is 9.99. The van der Waals surface area contributed by atoms with Gasteiger partial charge in [0.25, 0.3) is 0 Å². The first kappa shape index (κ1) is 48.5. The number of nitrogens with zero attached hydrogens (tertiary/aromatic N) is 13. The molecule has 0 radical (unpaired) electrons. The van der Waals surface area contributed by atoms with Gasteiger partial charge < -0.3 is 29.2 Å². The molecule has 11 rings (SSSR count). The van der Waals surface area contributed by atoms with E-state index < -0.39 is 0 Å². The Morgan fingerprint density at radius 3 is 1.45 bits per heavy atom. The second kappa shape index (κ2) is 21.7. The van der Waals surface area contributed by atoms with Gasteiger partial charge in [0.15, 0.2) is 0 Å². The normalized spacial score (nSPS) is 15.8. The van der Waals surface area contributed by atoms with Gasteiger partial charge in [-0.1, -0.05) is 60.7 Å². The zero-order valence-corrected chi connectivity index (χ0v) is 42.3. The minimum Gasteiger partial charge on any atom is -0.378 e. The Balaban J connectivity index is 0.000000169.